The number of nitrogens with one attached hydrogen (secondary N) is 1. The molecule has 5 nitrogen and oxygen atoms in total. The Hall–Kier alpha value is -1.43. The largest absolute Gasteiger partial charge is 0.481 e. The summed E-state index contributed by atoms with van der Waals surface area (Å²) in [6, 6.07) is 0. The highest BCUT2D eigenvalue weighted by Crippen LogP contribution is 2.23. The van der Waals surface area contributed by atoms with Gasteiger partial charge in [0.15, 0.2) is 0 Å². The van der Waals surface area contributed by atoms with Gasteiger partial charge >= 0.3 is 5.97 Å². The minimum absolute atomic E-state index is 0.273. The predicted octanol–water partition coefficient (Wildman–Crippen LogP) is 1.85. The van der Waals surface area contributed by atoms with Crippen LogP contribution in [0.5, 0.6) is 0 Å². The third-order valence-corrected chi connectivity index (χ3v) is 4.05. The summed E-state index contributed by atoms with van der Waals surface area (Å²) in [5.41, 5.74) is -0.586. The molecular formula is C12H18N2O3S. The van der Waals surface area contributed by atoms with Crippen molar-refractivity contribution in [1.82, 2.24) is 10.3 Å². The van der Waals surface area contributed by atoms with Gasteiger partial charge in [-0.25, -0.2) is 4.98 Å². The number of carboxylic acid groups (broad SMARTS) is 1. The lowest BCUT2D eigenvalue weighted by atomic mass is 9.94. The van der Waals surface area contributed by atoms with Gasteiger partial charge in [-0.15, -0.1) is 11.3 Å². The second-order valence-electron chi connectivity index (χ2n) is 4.87. The van der Waals surface area contributed by atoms with Crippen LogP contribution in [0.15, 0.2) is 11.6 Å². The number of carbonyl (C=O) groups is 2. The molecule has 0 bridgehead atoms. The van der Waals surface area contributed by atoms with Gasteiger partial charge < -0.3 is 10.4 Å². The zero-order chi connectivity index (χ0) is 13.9. The topological polar surface area (TPSA) is 79.3 Å². The first-order chi connectivity index (χ1) is 8.25. The van der Waals surface area contributed by atoms with Crippen molar-refractivity contribution in [2.24, 2.45) is 11.8 Å². The van der Waals surface area contributed by atoms with Crippen LogP contribution < -0.4 is 5.32 Å². The molecule has 1 rings (SSSR count). The number of hydrogen-bond acceptors (Lipinski definition) is 4. The first-order valence-electron chi connectivity index (χ1n) is 5.70. The molecule has 2 atom stereocenters. The molecule has 1 amide bonds. The molecule has 0 radical (unpaired) electrons. The Morgan fingerprint density at radius 3 is 2.44 bits per heavy atom. The number of rotatable bonds is 5. The van der Waals surface area contributed by atoms with Gasteiger partial charge in [0.05, 0.1) is 11.5 Å². The molecule has 0 aliphatic carbocycles. The molecule has 1 aromatic rings. The Balaban J connectivity index is 2.73. The fraction of sp³-hybridized carbons (Fsp3) is 0.583. The highest BCUT2D eigenvalue weighted by Gasteiger charge is 2.31. The molecular weight excluding hydrogens is 252 g/mol. The second-order valence-corrected chi connectivity index (χ2v) is 5.76. The lowest BCUT2D eigenvalue weighted by Gasteiger charge is -2.26. The number of carboxylic acids is 1. The van der Waals surface area contributed by atoms with Gasteiger partial charge in [0, 0.05) is 17.5 Å². The normalized spacial score (nSPS) is 14.9. The summed E-state index contributed by atoms with van der Waals surface area (Å²) in [7, 11) is 0. The van der Waals surface area contributed by atoms with Gasteiger partial charge in [-0.2, -0.15) is 0 Å². The SMILES string of the molecule is CC(C(=O)O)C(C)C(=O)NC(C)(C)c1nccs1. The number of hydrogen-bond donors (Lipinski definition) is 2. The van der Waals surface area contributed by atoms with Crippen LogP contribution in [-0.2, 0) is 15.1 Å². The molecule has 0 aromatic carbocycles. The van der Waals surface area contributed by atoms with Crippen LogP contribution in [0.2, 0.25) is 0 Å². The summed E-state index contributed by atoms with van der Waals surface area (Å²) in [4.78, 5) is 27.0. The Labute approximate surface area is 110 Å². The van der Waals surface area contributed by atoms with Gasteiger partial charge in [-0.1, -0.05) is 13.8 Å². The standard InChI is InChI=1S/C12H18N2O3S/c1-7(8(2)10(16)17)9(15)14-12(3,4)11-13-5-6-18-11/h5-8H,1-4H3,(H,14,15)(H,16,17). The molecule has 0 saturated carbocycles. The van der Waals surface area contributed by atoms with Crippen LogP contribution in [0, 0.1) is 11.8 Å². The maximum atomic E-state index is 12.0. The Bertz CT molecular complexity index is 429. The third kappa shape index (κ3) is 3.29. The number of aromatic nitrogens is 1. The number of amides is 1. The Morgan fingerprint density at radius 2 is 2.00 bits per heavy atom. The quantitative estimate of drug-likeness (QED) is 0.855. The molecule has 100 valence electrons. The van der Waals surface area contributed by atoms with E-state index in [-0.39, 0.29) is 5.91 Å². The summed E-state index contributed by atoms with van der Waals surface area (Å²) >= 11 is 1.46. The van der Waals surface area contributed by atoms with E-state index in [1.807, 2.05) is 19.2 Å². The first kappa shape index (κ1) is 14.6. The minimum Gasteiger partial charge on any atom is -0.481 e. The molecule has 2 unspecified atom stereocenters. The van der Waals surface area contributed by atoms with Gasteiger partial charge in [-0.05, 0) is 13.8 Å². The summed E-state index contributed by atoms with van der Waals surface area (Å²) in [5, 5.41) is 14.4. The number of thiazole rings is 1. The average Bonchev–Trinajstić information content (AvgIpc) is 2.80. The molecule has 0 saturated heterocycles. The van der Waals surface area contributed by atoms with Crippen LogP contribution in [0.1, 0.15) is 32.7 Å². The van der Waals surface area contributed by atoms with E-state index in [0.29, 0.717) is 0 Å². The van der Waals surface area contributed by atoms with Crippen molar-refractivity contribution in [3.63, 3.8) is 0 Å². The maximum Gasteiger partial charge on any atom is 0.307 e. The van der Waals surface area contributed by atoms with E-state index in [2.05, 4.69) is 10.3 Å². The van der Waals surface area contributed by atoms with Crippen molar-refractivity contribution in [2.75, 3.05) is 0 Å². The summed E-state index contributed by atoms with van der Waals surface area (Å²) < 4.78 is 0. The van der Waals surface area contributed by atoms with E-state index in [1.165, 1.54) is 18.3 Å². The molecule has 6 heteroatoms. The molecule has 18 heavy (non-hydrogen) atoms. The van der Waals surface area contributed by atoms with Crippen molar-refractivity contribution in [3.8, 4) is 0 Å². The van der Waals surface area contributed by atoms with E-state index < -0.39 is 23.3 Å². The van der Waals surface area contributed by atoms with Gasteiger partial charge in [0.1, 0.15) is 5.01 Å². The molecule has 0 aliphatic heterocycles. The zero-order valence-corrected chi connectivity index (χ0v) is 11.7. The molecule has 0 fully saturated rings. The van der Waals surface area contributed by atoms with Crippen molar-refractivity contribution in [3.05, 3.63) is 16.6 Å². The highest BCUT2D eigenvalue weighted by molar-refractivity contribution is 7.09. The van der Waals surface area contributed by atoms with E-state index in [0.717, 1.165) is 5.01 Å². The van der Waals surface area contributed by atoms with Crippen molar-refractivity contribution >= 4 is 23.2 Å². The summed E-state index contributed by atoms with van der Waals surface area (Å²) in [5.74, 6) is -2.53. The van der Waals surface area contributed by atoms with Crippen LogP contribution in [0.3, 0.4) is 0 Å². The van der Waals surface area contributed by atoms with Gasteiger partial charge in [0.25, 0.3) is 0 Å². The highest BCUT2D eigenvalue weighted by atomic mass is 32.1. The fourth-order valence-electron chi connectivity index (χ4n) is 1.45. The monoisotopic (exact) mass is 270 g/mol. The number of carbonyl (C=O) groups excluding carboxylic acids is 1. The second kappa shape index (κ2) is 5.48. The molecule has 1 heterocycles. The summed E-state index contributed by atoms with van der Waals surface area (Å²) in [6.45, 7) is 6.85. The number of aliphatic carboxylic acids is 1. The smallest absolute Gasteiger partial charge is 0.307 e. The zero-order valence-electron chi connectivity index (χ0n) is 10.9. The summed E-state index contributed by atoms with van der Waals surface area (Å²) in [6.07, 6.45) is 1.68. The van der Waals surface area contributed by atoms with E-state index in [1.54, 1.807) is 13.1 Å². The van der Waals surface area contributed by atoms with Crippen molar-refractivity contribution < 1.29 is 14.7 Å². The maximum absolute atomic E-state index is 12.0. The Kier molecular flexibility index (Phi) is 4.45. The van der Waals surface area contributed by atoms with Crippen LogP contribution in [0.4, 0.5) is 0 Å². The van der Waals surface area contributed by atoms with Crippen LogP contribution in [-0.4, -0.2) is 22.0 Å². The third-order valence-electron chi connectivity index (χ3n) is 2.96. The fourth-order valence-corrected chi connectivity index (χ4v) is 2.17. The van der Waals surface area contributed by atoms with Gasteiger partial charge in [0.2, 0.25) is 5.91 Å². The van der Waals surface area contributed by atoms with E-state index in [4.69, 9.17) is 5.11 Å². The van der Waals surface area contributed by atoms with Crippen molar-refractivity contribution in [1.29, 1.82) is 0 Å². The molecule has 0 aliphatic rings. The Morgan fingerprint density at radius 1 is 1.39 bits per heavy atom. The minimum atomic E-state index is -0.968. The van der Waals surface area contributed by atoms with E-state index >= 15 is 0 Å². The van der Waals surface area contributed by atoms with Crippen LogP contribution >= 0.6 is 11.3 Å². The lowest BCUT2D eigenvalue weighted by molar-refractivity contribution is -0.146. The average molecular weight is 270 g/mol. The molecule has 2 N–H and O–H groups in total. The lowest BCUT2D eigenvalue weighted by Crippen LogP contribution is -2.45. The molecule has 1 aromatic heterocycles. The van der Waals surface area contributed by atoms with Crippen molar-refractivity contribution in [2.45, 2.75) is 33.2 Å². The first-order valence-corrected chi connectivity index (χ1v) is 6.58. The van der Waals surface area contributed by atoms with Crippen LogP contribution in [0.25, 0.3) is 0 Å². The van der Waals surface area contributed by atoms with E-state index in [9.17, 15) is 9.59 Å². The predicted molar refractivity (Wildman–Crippen MR) is 69.2 cm³/mol. The molecule has 0 spiro atoms. The number of nitrogens with zero attached hydrogens (tertiary/aromatic N) is 1. The van der Waals surface area contributed by atoms with Gasteiger partial charge in [-0.3, -0.25) is 9.59 Å².